The van der Waals surface area contributed by atoms with Crippen molar-refractivity contribution < 1.29 is 23.8 Å². The van der Waals surface area contributed by atoms with Crippen molar-refractivity contribution in [1.29, 1.82) is 0 Å². The van der Waals surface area contributed by atoms with Gasteiger partial charge >= 0.3 is 5.97 Å². The Morgan fingerprint density at radius 3 is 2.27 bits per heavy atom. The van der Waals surface area contributed by atoms with E-state index in [9.17, 15) is 19.1 Å². The summed E-state index contributed by atoms with van der Waals surface area (Å²) in [5.41, 5.74) is 2.06. The van der Waals surface area contributed by atoms with Gasteiger partial charge in [0, 0.05) is 12.0 Å². The molecule has 0 fully saturated rings. The third-order valence-electron chi connectivity index (χ3n) is 5.28. The normalized spacial score (nSPS) is 11.7. The highest BCUT2D eigenvalue weighted by Gasteiger charge is 2.21. The standard InChI is InChI=1S/C27H22FNO4/c28-23-11-6-19(7-12-23)17-33-24-13-10-20-15-22(9-8-21(20)16-24)26(30)29-25(27(31)32)14-18-4-2-1-3-5-18/h1-13,15-16,25H,14,17H2,(H,29,30)(H,31,32). The Morgan fingerprint density at radius 1 is 0.848 bits per heavy atom. The number of carbonyl (C=O) groups is 2. The molecule has 0 radical (unpaired) electrons. The zero-order chi connectivity index (χ0) is 23.2. The number of amides is 1. The van der Waals surface area contributed by atoms with Gasteiger partial charge in [-0.3, -0.25) is 4.79 Å². The number of nitrogens with one attached hydrogen (secondary N) is 1. The quantitative estimate of drug-likeness (QED) is 0.403. The van der Waals surface area contributed by atoms with Crippen molar-refractivity contribution in [3.63, 3.8) is 0 Å². The van der Waals surface area contributed by atoms with Crippen LogP contribution in [-0.4, -0.2) is 23.0 Å². The number of aliphatic carboxylic acids is 1. The Bertz CT molecular complexity index is 1270. The van der Waals surface area contributed by atoms with Crippen LogP contribution in [0.15, 0.2) is 91.0 Å². The van der Waals surface area contributed by atoms with Gasteiger partial charge in [0.1, 0.15) is 24.2 Å². The first-order chi connectivity index (χ1) is 16.0. The van der Waals surface area contributed by atoms with Crippen LogP contribution in [0.25, 0.3) is 10.8 Å². The van der Waals surface area contributed by atoms with Gasteiger partial charge < -0.3 is 15.2 Å². The van der Waals surface area contributed by atoms with E-state index in [0.717, 1.165) is 21.9 Å². The topological polar surface area (TPSA) is 75.6 Å². The van der Waals surface area contributed by atoms with Crippen molar-refractivity contribution >= 4 is 22.6 Å². The Labute approximate surface area is 190 Å². The van der Waals surface area contributed by atoms with Gasteiger partial charge in [-0.15, -0.1) is 0 Å². The summed E-state index contributed by atoms with van der Waals surface area (Å²) in [5.74, 6) is -1.18. The predicted molar refractivity (Wildman–Crippen MR) is 124 cm³/mol. The molecule has 4 aromatic rings. The zero-order valence-corrected chi connectivity index (χ0v) is 17.7. The van der Waals surface area contributed by atoms with E-state index >= 15 is 0 Å². The maximum Gasteiger partial charge on any atom is 0.326 e. The number of hydrogen-bond acceptors (Lipinski definition) is 3. The van der Waals surface area contributed by atoms with Crippen molar-refractivity contribution in [2.75, 3.05) is 0 Å². The molecule has 0 saturated carbocycles. The number of fused-ring (bicyclic) bond motifs is 1. The molecule has 0 heterocycles. The smallest absolute Gasteiger partial charge is 0.326 e. The van der Waals surface area contributed by atoms with E-state index in [1.165, 1.54) is 12.1 Å². The van der Waals surface area contributed by atoms with E-state index in [-0.39, 0.29) is 12.2 Å². The first kappa shape index (κ1) is 22.0. The molecule has 6 heteroatoms. The number of carboxylic acid groups (broad SMARTS) is 1. The fourth-order valence-corrected chi connectivity index (χ4v) is 3.49. The summed E-state index contributed by atoms with van der Waals surface area (Å²) >= 11 is 0. The van der Waals surface area contributed by atoms with Gasteiger partial charge in [-0.2, -0.15) is 0 Å². The third kappa shape index (κ3) is 5.74. The van der Waals surface area contributed by atoms with E-state index in [0.29, 0.717) is 17.9 Å². The largest absolute Gasteiger partial charge is 0.489 e. The molecule has 4 aromatic carbocycles. The highest BCUT2D eigenvalue weighted by molar-refractivity contribution is 6.00. The van der Waals surface area contributed by atoms with E-state index in [4.69, 9.17) is 4.74 Å². The molecular weight excluding hydrogens is 421 g/mol. The summed E-state index contributed by atoms with van der Waals surface area (Å²) in [6.07, 6.45) is 0.199. The van der Waals surface area contributed by atoms with Crippen LogP contribution in [0.3, 0.4) is 0 Å². The van der Waals surface area contributed by atoms with Crippen LogP contribution in [0.2, 0.25) is 0 Å². The maximum absolute atomic E-state index is 13.0. The Kier molecular flexibility index (Phi) is 6.64. The van der Waals surface area contributed by atoms with Crippen LogP contribution in [0.1, 0.15) is 21.5 Å². The van der Waals surface area contributed by atoms with Crippen molar-refractivity contribution in [3.8, 4) is 5.75 Å². The predicted octanol–water partition coefficient (Wildman–Crippen LogP) is 4.98. The van der Waals surface area contributed by atoms with Crippen LogP contribution < -0.4 is 10.1 Å². The summed E-state index contributed by atoms with van der Waals surface area (Å²) < 4.78 is 18.8. The summed E-state index contributed by atoms with van der Waals surface area (Å²) in [6, 6.07) is 24.9. The molecule has 33 heavy (non-hydrogen) atoms. The molecule has 0 saturated heterocycles. The fraction of sp³-hybridized carbons (Fsp3) is 0.111. The Morgan fingerprint density at radius 2 is 1.55 bits per heavy atom. The average molecular weight is 443 g/mol. The molecule has 0 aliphatic heterocycles. The van der Waals surface area contributed by atoms with Crippen LogP contribution in [0.4, 0.5) is 4.39 Å². The molecule has 0 aromatic heterocycles. The summed E-state index contributed by atoms with van der Waals surface area (Å²) in [7, 11) is 0. The van der Waals surface area contributed by atoms with Crippen LogP contribution in [0.5, 0.6) is 5.75 Å². The second-order valence-electron chi connectivity index (χ2n) is 7.69. The van der Waals surface area contributed by atoms with E-state index < -0.39 is 17.9 Å². The third-order valence-corrected chi connectivity index (χ3v) is 5.28. The number of rotatable bonds is 8. The van der Waals surface area contributed by atoms with E-state index in [1.807, 2.05) is 42.5 Å². The van der Waals surface area contributed by atoms with Gasteiger partial charge in [-0.1, -0.05) is 54.6 Å². The van der Waals surface area contributed by atoms with E-state index in [1.54, 1.807) is 36.4 Å². The zero-order valence-electron chi connectivity index (χ0n) is 17.7. The van der Waals surface area contributed by atoms with Gasteiger partial charge in [0.25, 0.3) is 5.91 Å². The van der Waals surface area contributed by atoms with Crippen molar-refractivity contribution in [3.05, 3.63) is 114 Å². The minimum atomic E-state index is -1.09. The second-order valence-corrected chi connectivity index (χ2v) is 7.69. The molecule has 166 valence electrons. The minimum absolute atomic E-state index is 0.199. The lowest BCUT2D eigenvalue weighted by atomic mass is 10.0. The number of carboxylic acids is 1. The van der Waals surface area contributed by atoms with Crippen LogP contribution in [0, 0.1) is 5.82 Å². The molecule has 1 amide bonds. The van der Waals surface area contributed by atoms with Crippen molar-refractivity contribution in [2.45, 2.75) is 19.1 Å². The highest BCUT2D eigenvalue weighted by atomic mass is 19.1. The SMILES string of the molecule is O=C(NC(Cc1ccccc1)C(=O)O)c1ccc2cc(OCc3ccc(F)cc3)ccc2c1. The molecule has 4 rings (SSSR count). The Balaban J connectivity index is 1.44. The molecular formula is C27H22FNO4. The first-order valence-electron chi connectivity index (χ1n) is 10.5. The summed E-state index contributed by atoms with van der Waals surface area (Å²) in [6.45, 7) is 0.310. The average Bonchev–Trinajstić information content (AvgIpc) is 2.83. The first-order valence-corrected chi connectivity index (χ1v) is 10.5. The highest BCUT2D eigenvalue weighted by Crippen LogP contribution is 2.23. The second kappa shape index (κ2) is 9.96. The molecule has 1 unspecified atom stereocenters. The number of ether oxygens (including phenoxy) is 1. The lowest BCUT2D eigenvalue weighted by Gasteiger charge is -2.15. The summed E-state index contributed by atoms with van der Waals surface area (Å²) in [5, 5.41) is 13.8. The van der Waals surface area contributed by atoms with E-state index in [2.05, 4.69) is 5.32 Å². The molecule has 1 atom stereocenters. The van der Waals surface area contributed by atoms with Gasteiger partial charge in [0.15, 0.2) is 0 Å². The lowest BCUT2D eigenvalue weighted by Crippen LogP contribution is -2.42. The lowest BCUT2D eigenvalue weighted by molar-refractivity contribution is -0.139. The Hall–Kier alpha value is -4.19. The molecule has 0 spiro atoms. The van der Waals surface area contributed by atoms with Gasteiger partial charge in [-0.25, -0.2) is 9.18 Å². The van der Waals surface area contributed by atoms with Gasteiger partial charge in [-0.05, 0) is 58.3 Å². The number of benzene rings is 4. The van der Waals surface area contributed by atoms with Crippen LogP contribution in [-0.2, 0) is 17.8 Å². The van der Waals surface area contributed by atoms with Crippen molar-refractivity contribution in [2.24, 2.45) is 0 Å². The molecule has 2 N–H and O–H groups in total. The number of halogens is 1. The molecule has 5 nitrogen and oxygen atoms in total. The maximum atomic E-state index is 13.0. The fourth-order valence-electron chi connectivity index (χ4n) is 3.49. The van der Waals surface area contributed by atoms with Gasteiger partial charge in [0.05, 0.1) is 0 Å². The van der Waals surface area contributed by atoms with Gasteiger partial charge in [0.2, 0.25) is 0 Å². The molecule has 0 aliphatic rings. The molecule has 0 aliphatic carbocycles. The molecule has 0 bridgehead atoms. The minimum Gasteiger partial charge on any atom is -0.489 e. The van der Waals surface area contributed by atoms with Crippen molar-refractivity contribution in [1.82, 2.24) is 5.32 Å². The number of hydrogen-bond donors (Lipinski definition) is 2. The summed E-state index contributed by atoms with van der Waals surface area (Å²) in [4.78, 5) is 24.4. The van der Waals surface area contributed by atoms with Crippen LogP contribution >= 0.6 is 0 Å². The monoisotopic (exact) mass is 443 g/mol. The number of carbonyl (C=O) groups excluding carboxylic acids is 1.